The van der Waals surface area contributed by atoms with Gasteiger partial charge in [0.05, 0.1) is 13.2 Å². The predicted molar refractivity (Wildman–Crippen MR) is 91.9 cm³/mol. The first kappa shape index (κ1) is 24.1. The van der Waals surface area contributed by atoms with E-state index in [2.05, 4.69) is 0 Å². The molecule has 0 aromatic heterocycles. The first-order chi connectivity index (χ1) is 13.6. The third-order valence-electron chi connectivity index (χ3n) is 4.92. The second-order valence-corrected chi connectivity index (χ2v) is 6.92. The lowest BCUT2D eigenvalue weighted by molar-refractivity contribution is -0.326. The molecule has 0 spiro atoms. The van der Waals surface area contributed by atoms with Crippen molar-refractivity contribution in [2.75, 3.05) is 13.2 Å². The number of hydrogen-bond acceptors (Lipinski definition) is 12. The molecule has 2 saturated heterocycles. The fraction of sp³-hybridized carbons (Fsp3) is 0.824. The molecule has 0 aromatic carbocycles. The summed E-state index contributed by atoms with van der Waals surface area (Å²) in [5.41, 5.74) is 0.232. The van der Waals surface area contributed by atoms with Crippen molar-refractivity contribution in [1.82, 2.24) is 0 Å². The number of carbonyl (C=O) groups excluding carboxylic acids is 1. The summed E-state index contributed by atoms with van der Waals surface area (Å²) < 4.78 is 20.8. The zero-order valence-electron chi connectivity index (χ0n) is 15.9. The van der Waals surface area contributed by atoms with Crippen molar-refractivity contribution in [3.05, 3.63) is 11.6 Å². The Hall–Kier alpha value is -1.19. The van der Waals surface area contributed by atoms with Gasteiger partial charge in [0.25, 0.3) is 0 Å². The van der Waals surface area contributed by atoms with Gasteiger partial charge in [-0.2, -0.15) is 0 Å². The molecule has 0 amide bonds. The van der Waals surface area contributed by atoms with Gasteiger partial charge < -0.3 is 54.7 Å². The Balaban J connectivity index is 2.02. The van der Waals surface area contributed by atoms with E-state index in [0.717, 1.165) is 0 Å². The Morgan fingerprint density at radius 2 is 1.38 bits per heavy atom. The van der Waals surface area contributed by atoms with E-state index in [1.165, 1.54) is 13.0 Å². The summed E-state index contributed by atoms with van der Waals surface area (Å²) in [7, 11) is 0. The lowest BCUT2D eigenvalue weighted by Crippen LogP contribution is -2.61. The Morgan fingerprint density at radius 1 is 0.862 bits per heavy atom. The highest BCUT2D eigenvalue weighted by Crippen LogP contribution is 2.26. The maximum atomic E-state index is 11.9. The van der Waals surface area contributed by atoms with Gasteiger partial charge in [0.1, 0.15) is 48.8 Å². The van der Waals surface area contributed by atoms with Crippen LogP contribution in [-0.4, -0.2) is 116 Å². The maximum absolute atomic E-state index is 11.9. The van der Waals surface area contributed by atoms with Crippen LogP contribution in [0.3, 0.4) is 0 Å². The molecule has 0 aromatic rings. The van der Waals surface area contributed by atoms with E-state index < -0.39 is 80.6 Å². The zero-order valence-corrected chi connectivity index (χ0v) is 15.9. The molecule has 0 bridgehead atoms. The Morgan fingerprint density at radius 3 is 1.93 bits per heavy atom. The number of aliphatic hydroxyl groups is 7. The smallest absolute Gasteiger partial charge is 0.335 e. The zero-order chi connectivity index (χ0) is 21.9. The largest absolute Gasteiger partial charge is 0.429 e. The van der Waals surface area contributed by atoms with Crippen molar-refractivity contribution in [1.29, 1.82) is 0 Å². The summed E-state index contributed by atoms with van der Waals surface area (Å²) in [5.74, 6) is -0.797. The molecule has 2 fully saturated rings. The van der Waals surface area contributed by atoms with E-state index in [0.29, 0.717) is 0 Å². The van der Waals surface area contributed by atoms with Gasteiger partial charge in [-0.15, -0.1) is 0 Å². The highest BCUT2D eigenvalue weighted by Gasteiger charge is 2.48. The van der Waals surface area contributed by atoms with E-state index in [-0.39, 0.29) is 5.57 Å². The van der Waals surface area contributed by atoms with Gasteiger partial charge in [0.2, 0.25) is 6.29 Å². The van der Waals surface area contributed by atoms with Gasteiger partial charge in [0, 0.05) is 5.57 Å². The van der Waals surface area contributed by atoms with E-state index in [1.807, 2.05) is 0 Å². The van der Waals surface area contributed by atoms with Gasteiger partial charge in [-0.3, -0.25) is 0 Å². The molecule has 12 heteroatoms. The number of allylic oxidation sites excluding steroid dienone is 1. The van der Waals surface area contributed by atoms with Gasteiger partial charge in [-0.25, -0.2) is 4.79 Å². The van der Waals surface area contributed by atoms with Crippen molar-refractivity contribution in [2.24, 2.45) is 0 Å². The molecule has 0 saturated carbocycles. The normalized spacial score (nSPS) is 43.8. The molecule has 10 atom stereocenters. The van der Waals surface area contributed by atoms with Crippen LogP contribution in [0.4, 0.5) is 0 Å². The van der Waals surface area contributed by atoms with Crippen LogP contribution in [-0.2, 0) is 23.7 Å². The van der Waals surface area contributed by atoms with Crippen molar-refractivity contribution in [2.45, 2.75) is 75.3 Å². The van der Waals surface area contributed by atoms with Crippen LogP contribution >= 0.6 is 0 Å². The van der Waals surface area contributed by atoms with Gasteiger partial charge in [0.15, 0.2) is 6.29 Å². The molecular formula is C17H28O12. The number of esters is 1. The third-order valence-corrected chi connectivity index (χ3v) is 4.92. The van der Waals surface area contributed by atoms with Crippen molar-refractivity contribution in [3.8, 4) is 0 Å². The minimum atomic E-state index is -1.73. The summed E-state index contributed by atoms with van der Waals surface area (Å²) in [6.07, 6.45) is -14.1. The Bertz CT molecular complexity index is 581. The van der Waals surface area contributed by atoms with Gasteiger partial charge in [-0.1, -0.05) is 6.08 Å². The molecule has 12 nitrogen and oxygen atoms in total. The fourth-order valence-electron chi connectivity index (χ4n) is 2.86. The first-order valence-corrected chi connectivity index (χ1v) is 9.08. The SMILES string of the molecule is C/C=C(\C)C(=O)O[C@@H]1OC(CO[C@@H]2OC(CO)[C@@H](O)[C@H](O)C2O)[C@@H](O)[C@H](O)C1O. The van der Waals surface area contributed by atoms with Gasteiger partial charge >= 0.3 is 5.97 Å². The molecular weight excluding hydrogens is 396 g/mol. The van der Waals surface area contributed by atoms with Crippen LogP contribution in [0.15, 0.2) is 11.6 Å². The van der Waals surface area contributed by atoms with Crippen molar-refractivity contribution in [3.63, 3.8) is 0 Å². The van der Waals surface area contributed by atoms with Crippen molar-refractivity contribution < 1.29 is 59.5 Å². The monoisotopic (exact) mass is 424 g/mol. The molecule has 168 valence electrons. The molecule has 2 aliphatic heterocycles. The lowest BCUT2D eigenvalue weighted by atomic mass is 9.98. The maximum Gasteiger partial charge on any atom is 0.335 e. The second-order valence-electron chi connectivity index (χ2n) is 6.92. The minimum Gasteiger partial charge on any atom is -0.429 e. The molecule has 2 rings (SSSR count). The van der Waals surface area contributed by atoms with Crippen LogP contribution < -0.4 is 0 Å². The number of aliphatic hydroxyl groups excluding tert-OH is 7. The van der Waals surface area contributed by atoms with Crippen LogP contribution in [0.25, 0.3) is 0 Å². The predicted octanol–water partition coefficient (Wildman–Crippen LogP) is -3.88. The van der Waals surface area contributed by atoms with E-state index in [9.17, 15) is 40.5 Å². The number of hydrogen-bond donors (Lipinski definition) is 7. The summed E-state index contributed by atoms with van der Waals surface area (Å²) in [6.45, 7) is 1.91. The second kappa shape index (κ2) is 10.2. The van der Waals surface area contributed by atoms with Crippen LogP contribution in [0.1, 0.15) is 13.8 Å². The minimum absolute atomic E-state index is 0.232. The lowest BCUT2D eigenvalue weighted by Gasteiger charge is -2.42. The average molecular weight is 424 g/mol. The van der Waals surface area contributed by atoms with Crippen LogP contribution in [0.2, 0.25) is 0 Å². The molecule has 0 radical (unpaired) electrons. The average Bonchev–Trinajstić information content (AvgIpc) is 2.71. The summed E-state index contributed by atoms with van der Waals surface area (Å²) in [6, 6.07) is 0. The Labute approximate surface area is 166 Å². The number of carbonyl (C=O) groups is 1. The van der Waals surface area contributed by atoms with Crippen molar-refractivity contribution >= 4 is 5.97 Å². The van der Waals surface area contributed by atoms with Crippen LogP contribution in [0.5, 0.6) is 0 Å². The topological polar surface area (TPSA) is 196 Å². The Kier molecular flexibility index (Phi) is 8.48. The van der Waals surface area contributed by atoms with Gasteiger partial charge in [-0.05, 0) is 13.8 Å². The number of rotatable bonds is 6. The molecule has 2 heterocycles. The summed E-state index contributed by atoms with van der Waals surface area (Å²) in [5, 5.41) is 68.8. The summed E-state index contributed by atoms with van der Waals surface area (Å²) >= 11 is 0. The third kappa shape index (κ3) is 5.30. The molecule has 7 N–H and O–H groups in total. The standard InChI is InChI=1S/C17H28O12/c1-3-6(2)15(25)29-17-14(24)12(22)10(20)8(28-17)5-26-16-13(23)11(21)9(19)7(4-18)27-16/h3,7-14,16-24H,4-5H2,1-2H3/b6-3+/t7?,8?,9-,10-,11+,12+,13?,14?,16-,17+/m1/s1. The molecule has 2 aliphatic rings. The highest BCUT2D eigenvalue weighted by molar-refractivity contribution is 5.87. The summed E-state index contributed by atoms with van der Waals surface area (Å²) in [4.78, 5) is 11.9. The van der Waals surface area contributed by atoms with E-state index in [4.69, 9.17) is 18.9 Å². The van der Waals surface area contributed by atoms with E-state index >= 15 is 0 Å². The number of ether oxygens (including phenoxy) is 4. The highest BCUT2D eigenvalue weighted by atomic mass is 16.7. The van der Waals surface area contributed by atoms with E-state index in [1.54, 1.807) is 6.92 Å². The van der Waals surface area contributed by atoms with Crippen LogP contribution in [0, 0.1) is 0 Å². The fourth-order valence-corrected chi connectivity index (χ4v) is 2.86. The quantitative estimate of drug-likeness (QED) is 0.162. The molecule has 4 unspecified atom stereocenters. The first-order valence-electron chi connectivity index (χ1n) is 9.08. The molecule has 0 aliphatic carbocycles. The molecule has 29 heavy (non-hydrogen) atoms.